The van der Waals surface area contributed by atoms with Gasteiger partial charge in [-0.1, -0.05) is 38.8 Å². The first-order chi connectivity index (χ1) is 8.65. The van der Waals surface area contributed by atoms with Crippen molar-refractivity contribution in [2.75, 3.05) is 6.54 Å². The van der Waals surface area contributed by atoms with Gasteiger partial charge >= 0.3 is 0 Å². The van der Waals surface area contributed by atoms with E-state index in [0.717, 1.165) is 13.0 Å². The highest BCUT2D eigenvalue weighted by Crippen LogP contribution is 2.47. The van der Waals surface area contributed by atoms with E-state index in [1.807, 2.05) is 12.1 Å². The molecule has 0 bridgehead atoms. The number of hydrogen-bond donors (Lipinski definition) is 1. The van der Waals surface area contributed by atoms with Crippen LogP contribution >= 0.6 is 0 Å². The first-order valence-electron chi connectivity index (χ1n) is 7.14. The molecule has 0 heterocycles. The first-order valence-corrected chi connectivity index (χ1v) is 7.14. The van der Waals surface area contributed by atoms with Crippen LogP contribution in [0, 0.1) is 11.2 Å². The number of halogens is 1. The van der Waals surface area contributed by atoms with E-state index < -0.39 is 0 Å². The van der Waals surface area contributed by atoms with Crippen molar-refractivity contribution in [3.05, 3.63) is 35.6 Å². The second-order valence-corrected chi connectivity index (χ2v) is 5.80. The third-order valence-corrected chi connectivity index (χ3v) is 4.24. The van der Waals surface area contributed by atoms with Gasteiger partial charge in [0.2, 0.25) is 0 Å². The SMILES string of the molecule is CCCNC(c1ccc(F)cc1)C1(C)CCCC1. The molecule has 1 aromatic rings. The lowest BCUT2D eigenvalue weighted by Crippen LogP contribution is -2.35. The van der Waals surface area contributed by atoms with Gasteiger partial charge in [0.05, 0.1) is 0 Å². The summed E-state index contributed by atoms with van der Waals surface area (Å²) in [5.74, 6) is -0.149. The van der Waals surface area contributed by atoms with Crippen LogP contribution in [0.15, 0.2) is 24.3 Å². The molecule has 0 aliphatic heterocycles. The summed E-state index contributed by atoms with van der Waals surface area (Å²) in [5, 5.41) is 3.67. The van der Waals surface area contributed by atoms with Crippen molar-refractivity contribution in [1.29, 1.82) is 0 Å². The van der Waals surface area contributed by atoms with Crippen LogP contribution in [0.5, 0.6) is 0 Å². The lowest BCUT2D eigenvalue weighted by Gasteiger charge is -2.35. The van der Waals surface area contributed by atoms with Gasteiger partial charge in [-0.3, -0.25) is 0 Å². The molecule has 1 nitrogen and oxygen atoms in total. The smallest absolute Gasteiger partial charge is 0.123 e. The fraction of sp³-hybridized carbons (Fsp3) is 0.625. The van der Waals surface area contributed by atoms with Gasteiger partial charge < -0.3 is 5.32 Å². The molecule has 0 aromatic heterocycles. The average Bonchev–Trinajstić information content (AvgIpc) is 2.80. The Labute approximate surface area is 110 Å². The highest BCUT2D eigenvalue weighted by atomic mass is 19.1. The van der Waals surface area contributed by atoms with E-state index in [0.29, 0.717) is 11.5 Å². The van der Waals surface area contributed by atoms with E-state index in [1.54, 1.807) is 12.1 Å². The highest BCUT2D eigenvalue weighted by molar-refractivity contribution is 5.22. The van der Waals surface area contributed by atoms with Gasteiger partial charge in [-0.05, 0) is 48.9 Å². The van der Waals surface area contributed by atoms with Crippen LogP contribution in [-0.2, 0) is 0 Å². The van der Waals surface area contributed by atoms with Gasteiger partial charge in [0, 0.05) is 6.04 Å². The van der Waals surface area contributed by atoms with Crippen molar-refractivity contribution < 1.29 is 4.39 Å². The molecule has 1 unspecified atom stereocenters. The Hall–Kier alpha value is -0.890. The van der Waals surface area contributed by atoms with Crippen molar-refractivity contribution in [3.63, 3.8) is 0 Å². The maximum Gasteiger partial charge on any atom is 0.123 e. The average molecular weight is 249 g/mol. The zero-order valence-corrected chi connectivity index (χ0v) is 11.5. The van der Waals surface area contributed by atoms with Crippen LogP contribution in [0.3, 0.4) is 0 Å². The third kappa shape index (κ3) is 2.92. The first kappa shape index (κ1) is 13.5. The monoisotopic (exact) mass is 249 g/mol. The molecule has 2 rings (SSSR count). The zero-order valence-electron chi connectivity index (χ0n) is 11.5. The molecule has 0 spiro atoms. The highest BCUT2D eigenvalue weighted by Gasteiger charge is 2.37. The Morgan fingerprint density at radius 1 is 1.22 bits per heavy atom. The minimum Gasteiger partial charge on any atom is -0.309 e. The molecule has 100 valence electrons. The van der Waals surface area contributed by atoms with Gasteiger partial charge in [-0.2, -0.15) is 0 Å². The van der Waals surface area contributed by atoms with Gasteiger partial charge in [-0.25, -0.2) is 4.39 Å². The molecule has 1 fully saturated rings. The summed E-state index contributed by atoms with van der Waals surface area (Å²) in [5.41, 5.74) is 1.56. The van der Waals surface area contributed by atoms with E-state index in [1.165, 1.54) is 31.2 Å². The predicted molar refractivity (Wildman–Crippen MR) is 74.0 cm³/mol. The zero-order chi connectivity index (χ0) is 13.0. The summed E-state index contributed by atoms with van der Waals surface area (Å²) in [6.07, 6.45) is 6.31. The molecule has 1 aliphatic carbocycles. The topological polar surface area (TPSA) is 12.0 Å². The Morgan fingerprint density at radius 3 is 2.39 bits per heavy atom. The van der Waals surface area contributed by atoms with E-state index in [-0.39, 0.29) is 5.82 Å². The number of hydrogen-bond acceptors (Lipinski definition) is 1. The quantitative estimate of drug-likeness (QED) is 0.813. The third-order valence-electron chi connectivity index (χ3n) is 4.24. The maximum atomic E-state index is 13.1. The maximum absolute atomic E-state index is 13.1. The van der Waals surface area contributed by atoms with Crippen LogP contribution in [0.2, 0.25) is 0 Å². The minimum atomic E-state index is -0.149. The predicted octanol–water partition coefficient (Wildman–Crippen LogP) is 4.45. The molecule has 0 saturated heterocycles. The number of benzene rings is 1. The molecule has 1 N–H and O–H groups in total. The van der Waals surface area contributed by atoms with E-state index in [2.05, 4.69) is 19.2 Å². The molecule has 1 saturated carbocycles. The molecule has 1 aromatic carbocycles. The van der Waals surface area contributed by atoms with Crippen molar-refractivity contribution in [2.24, 2.45) is 5.41 Å². The molecule has 0 amide bonds. The fourth-order valence-electron chi connectivity index (χ4n) is 3.18. The van der Waals surface area contributed by atoms with Crippen LogP contribution in [0.4, 0.5) is 4.39 Å². The van der Waals surface area contributed by atoms with Gasteiger partial charge in [0.1, 0.15) is 5.82 Å². The van der Waals surface area contributed by atoms with E-state index in [4.69, 9.17) is 0 Å². The molecular weight excluding hydrogens is 225 g/mol. The summed E-state index contributed by atoms with van der Waals surface area (Å²) in [7, 11) is 0. The van der Waals surface area contributed by atoms with Crippen molar-refractivity contribution in [2.45, 2.75) is 52.0 Å². The van der Waals surface area contributed by atoms with Crippen LogP contribution in [0.25, 0.3) is 0 Å². The lowest BCUT2D eigenvalue weighted by atomic mass is 9.77. The molecule has 1 aliphatic rings. The molecule has 1 atom stereocenters. The second kappa shape index (κ2) is 5.83. The van der Waals surface area contributed by atoms with Crippen LogP contribution < -0.4 is 5.32 Å². The normalized spacial score (nSPS) is 19.9. The van der Waals surface area contributed by atoms with Crippen LogP contribution in [0.1, 0.15) is 57.6 Å². The summed E-state index contributed by atoms with van der Waals surface area (Å²) in [4.78, 5) is 0. The number of nitrogens with one attached hydrogen (secondary N) is 1. The number of rotatable bonds is 5. The minimum absolute atomic E-state index is 0.149. The van der Waals surface area contributed by atoms with Gasteiger partial charge in [0.15, 0.2) is 0 Å². The standard InChI is InChI=1S/C16H24FN/c1-3-12-18-15(16(2)10-4-5-11-16)13-6-8-14(17)9-7-13/h6-9,15,18H,3-5,10-12H2,1-2H3. The summed E-state index contributed by atoms with van der Waals surface area (Å²) in [6.45, 7) is 5.58. The van der Waals surface area contributed by atoms with Crippen molar-refractivity contribution in [3.8, 4) is 0 Å². The van der Waals surface area contributed by atoms with E-state index in [9.17, 15) is 4.39 Å². The van der Waals surface area contributed by atoms with Crippen molar-refractivity contribution in [1.82, 2.24) is 5.32 Å². The lowest BCUT2D eigenvalue weighted by molar-refractivity contribution is 0.223. The van der Waals surface area contributed by atoms with Gasteiger partial charge in [-0.15, -0.1) is 0 Å². The molecule has 2 heteroatoms. The summed E-state index contributed by atoms with van der Waals surface area (Å²) < 4.78 is 13.1. The molecule has 0 radical (unpaired) electrons. The fourth-order valence-corrected chi connectivity index (χ4v) is 3.18. The second-order valence-electron chi connectivity index (χ2n) is 5.80. The van der Waals surface area contributed by atoms with E-state index >= 15 is 0 Å². The Kier molecular flexibility index (Phi) is 4.39. The summed E-state index contributed by atoms with van der Waals surface area (Å²) >= 11 is 0. The molecule has 18 heavy (non-hydrogen) atoms. The molecular formula is C16H24FN. The Morgan fingerprint density at radius 2 is 1.83 bits per heavy atom. The largest absolute Gasteiger partial charge is 0.309 e. The van der Waals surface area contributed by atoms with Gasteiger partial charge in [0.25, 0.3) is 0 Å². The van der Waals surface area contributed by atoms with Crippen molar-refractivity contribution >= 4 is 0 Å². The van der Waals surface area contributed by atoms with Crippen LogP contribution in [-0.4, -0.2) is 6.54 Å². The Bertz CT molecular complexity index is 365. The Balaban J connectivity index is 2.21. The summed E-state index contributed by atoms with van der Waals surface area (Å²) in [6, 6.07) is 7.39.